The van der Waals surface area contributed by atoms with Crippen molar-refractivity contribution >= 4 is 23.6 Å². The van der Waals surface area contributed by atoms with Crippen molar-refractivity contribution in [1.29, 1.82) is 0 Å². The molecule has 2 rings (SSSR count). The van der Waals surface area contributed by atoms with Gasteiger partial charge in [0.25, 0.3) is 0 Å². The van der Waals surface area contributed by atoms with Gasteiger partial charge in [0.05, 0.1) is 26.6 Å². The number of nitrogens with one attached hydrogen (secondary N) is 1. The molecule has 7 nitrogen and oxygen atoms in total. The quantitative estimate of drug-likeness (QED) is 0.703. The molecule has 1 aliphatic heterocycles. The molecular weight excluding hydrogens is 332 g/mol. The first-order valence-corrected chi connectivity index (χ1v) is 8.54. The molecule has 1 heterocycles. The van der Waals surface area contributed by atoms with Crippen LogP contribution in [0.5, 0.6) is 11.5 Å². The predicted octanol–water partition coefficient (Wildman–Crippen LogP) is 1.04. The summed E-state index contributed by atoms with van der Waals surface area (Å²) in [6.07, 6.45) is 0. The number of hydrogen-bond acceptors (Lipinski definition) is 6. The van der Waals surface area contributed by atoms with E-state index in [1.54, 1.807) is 32.3 Å². The average Bonchev–Trinajstić information content (AvgIpc) is 2.95. The highest BCUT2D eigenvalue weighted by Gasteiger charge is 2.34. The fourth-order valence-electron chi connectivity index (χ4n) is 2.41. The van der Waals surface area contributed by atoms with Crippen molar-refractivity contribution < 1.29 is 23.8 Å². The van der Waals surface area contributed by atoms with E-state index in [-0.39, 0.29) is 23.7 Å². The minimum absolute atomic E-state index is 0.0224. The van der Waals surface area contributed by atoms with Gasteiger partial charge in [-0.3, -0.25) is 9.59 Å². The molecule has 0 spiro atoms. The molecule has 0 aliphatic carbocycles. The Labute approximate surface area is 145 Å². The van der Waals surface area contributed by atoms with Crippen LogP contribution in [-0.2, 0) is 14.3 Å². The van der Waals surface area contributed by atoms with E-state index in [0.717, 1.165) is 5.56 Å². The molecule has 0 unspecified atom stereocenters. The van der Waals surface area contributed by atoms with Crippen LogP contribution in [0.2, 0.25) is 0 Å². The number of hydrogen-bond donors (Lipinski definition) is 1. The van der Waals surface area contributed by atoms with Crippen LogP contribution in [0.15, 0.2) is 18.2 Å². The first-order valence-electron chi connectivity index (χ1n) is 7.49. The second-order valence-corrected chi connectivity index (χ2v) is 6.21. The summed E-state index contributed by atoms with van der Waals surface area (Å²) < 4.78 is 15.4. The maximum absolute atomic E-state index is 12.1. The van der Waals surface area contributed by atoms with E-state index >= 15 is 0 Å². The van der Waals surface area contributed by atoms with Crippen molar-refractivity contribution in [3.05, 3.63) is 23.8 Å². The van der Waals surface area contributed by atoms with Crippen LogP contribution < -0.4 is 14.8 Å². The summed E-state index contributed by atoms with van der Waals surface area (Å²) in [5, 5.41) is 2.51. The molecule has 0 aromatic heterocycles. The second-order valence-electron chi connectivity index (χ2n) is 5.14. The highest BCUT2D eigenvalue weighted by atomic mass is 32.2. The molecule has 1 fully saturated rings. The zero-order valence-corrected chi connectivity index (χ0v) is 14.9. The van der Waals surface area contributed by atoms with Gasteiger partial charge in [-0.15, -0.1) is 11.8 Å². The molecule has 132 valence electrons. The Morgan fingerprint density at radius 2 is 2.04 bits per heavy atom. The molecule has 8 heteroatoms. The number of carbonyl (C=O) groups excluding carboxylic acids is 2. The van der Waals surface area contributed by atoms with Gasteiger partial charge < -0.3 is 24.4 Å². The van der Waals surface area contributed by atoms with Gasteiger partial charge >= 0.3 is 0 Å². The fourth-order valence-corrected chi connectivity index (χ4v) is 3.59. The summed E-state index contributed by atoms with van der Waals surface area (Å²) in [6, 6.07) is 5.52. The van der Waals surface area contributed by atoms with Gasteiger partial charge in [0.1, 0.15) is 11.9 Å². The lowest BCUT2D eigenvalue weighted by molar-refractivity contribution is -0.133. The van der Waals surface area contributed by atoms with Crippen molar-refractivity contribution in [2.45, 2.75) is 5.37 Å². The van der Waals surface area contributed by atoms with Crippen LogP contribution in [0, 0.1) is 0 Å². The SMILES string of the molecule is COCCNC(=O)CN1C(=O)CS[C@H]1c1ccc(OC)c(OC)c1. The zero-order valence-electron chi connectivity index (χ0n) is 14.0. The number of benzene rings is 1. The van der Waals surface area contributed by atoms with E-state index in [1.165, 1.54) is 11.8 Å². The molecule has 0 radical (unpaired) electrons. The van der Waals surface area contributed by atoms with E-state index < -0.39 is 0 Å². The molecule has 0 saturated carbocycles. The molecule has 1 aromatic carbocycles. The zero-order chi connectivity index (χ0) is 17.5. The number of nitrogens with zero attached hydrogens (tertiary/aromatic N) is 1. The van der Waals surface area contributed by atoms with E-state index in [4.69, 9.17) is 14.2 Å². The van der Waals surface area contributed by atoms with Crippen LogP contribution in [0.3, 0.4) is 0 Å². The van der Waals surface area contributed by atoms with Crippen molar-refractivity contribution in [3.8, 4) is 11.5 Å². The van der Waals surface area contributed by atoms with E-state index in [1.807, 2.05) is 12.1 Å². The standard InChI is InChI=1S/C16H22N2O5S/c1-21-7-6-17-14(19)9-18-15(20)10-24-16(18)11-4-5-12(22-2)13(8-11)23-3/h4-5,8,16H,6-7,9-10H2,1-3H3,(H,17,19)/t16-/m0/s1. The van der Waals surface area contributed by atoms with Gasteiger partial charge in [0.2, 0.25) is 11.8 Å². The van der Waals surface area contributed by atoms with Crippen LogP contribution in [0.4, 0.5) is 0 Å². The summed E-state index contributed by atoms with van der Waals surface area (Å²) in [6.45, 7) is 0.883. The summed E-state index contributed by atoms with van der Waals surface area (Å²) >= 11 is 1.49. The lowest BCUT2D eigenvalue weighted by Crippen LogP contribution is -2.40. The van der Waals surface area contributed by atoms with Crippen LogP contribution in [0.25, 0.3) is 0 Å². The number of amides is 2. The molecule has 1 aromatic rings. The minimum atomic E-state index is -0.217. The molecular formula is C16H22N2O5S. The van der Waals surface area contributed by atoms with Gasteiger partial charge in [-0.05, 0) is 17.7 Å². The fraction of sp³-hybridized carbons (Fsp3) is 0.500. The van der Waals surface area contributed by atoms with E-state index in [0.29, 0.717) is 30.4 Å². The van der Waals surface area contributed by atoms with Gasteiger partial charge in [0.15, 0.2) is 11.5 Å². The van der Waals surface area contributed by atoms with Crippen molar-refractivity contribution in [2.75, 3.05) is 46.8 Å². The smallest absolute Gasteiger partial charge is 0.239 e. The summed E-state index contributed by atoms with van der Waals surface area (Å²) in [5.41, 5.74) is 0.896. The Morgan fingerprint density at radius 3 is 2.71 bits per heavy atom. The monoisotopic (exact) mass is 354 g/mol. The third-order valence-corrected chi connectivity index (χ3v) is 4.86. The second kappa shape index (κ2) is 8.79. The van der Waals surface area contributed by atoms with E-state index in [2.05, 4.69) is 5.32 Å². The predicted molar refractivity (Wildman–Crippen MR) is 91.3 cm³/mol. The number of ether oxygens (including phenoxy) is 3. The number of methoxy groups -OCH3 is 3. The lowest BCUT2D eigenvalue weighted by Gasteiger charge is -2.24. The first kappa shape index (κ1) is 18.4. The number of carbonyl (C=O) groups is 2. The lowest BCUT2D eigenvalue weighted by atomic mass is 10.1. The van der Waals surface area contributed by atoms with Gasteiger partial charge in [-0.1, -0.05) is 6.07 Å². The third kappa shape index (κ3) is 4.33. The largest absolute Gasteiger partial charge is 0.493 e. The number of rotatable bonds is 8. The Hall–Kier alpha value is -1.93. The Kier molecular flexibility index (Phi) is 6.74. The Bertz CT molecular complexity index is 596. The molecule has 24 heavy (non-hydrogen) atoms. The number of thioether (sulfide) groups is 1. The molecule has 1 atom stereocenters. The summed E-state index contributed by atoms with van der Waals surface area (Å²) in [7, 11) is 4.71. The topological polar surface area (TPSA) is 77.1 Å². The maximum atomic E-state index is 12.1. The first-order chi connectivity index (χ1) is 11.6. The van der Waals surface area contributed by atoms with Gasteiger partial charge in [-0.2, -0.15) is 0 Å². The molecule has 1 aliphatic rings. The average molecular weight is 354 g/mol. The normalized spacial score (nSPS) is 17.0. The highest BCUT2D eigenvalue weighted by Crippen LogP contribution is 2.41. The van der Waals surface area contributed by atoms with E-state index in [9.17, 15) is 9.59 Å². The molecule has 1 saturated heterocycles. The Morgan fingerprint density at radius 1 is 1.29 bits per heavy atom. The Balaban J connectivity index is 2.11. The van der Waals surface area contributed by atoms with Crippen molar-refractivity contribution in [1.82, 2.24) is 10.2 Å². The summed E-state index contributed by atoms with van der Waals surface area (Å²) in [5.74, 6) is 1.32. The highest BCUT2D eigenvalue weighted by molar-refractivity contribution is 8.00. The van der Waals surface area contributed by atoms with Crippen LogP contribution in [0.1, 0.15) is 10.9 Å². The van der Waals surface area contributed by atoms with Crippen LogP contribution in [-0.4, -0.2) is 63.5 Å². The van der Waals surface area contributed by atoms with Crippen LogP contribution >= 0.6 is 11.8 Å². The van der Waals surface area contributed by atoms with Crippen molar-refractivity contribution in [2.24, 2.45) is 0 Å². The van der Waals surface area contributed by atoms with Crippen molar-refractivity contribution in [3.63, 3.8) is 0 Å². The maximum Gasteiger partial charge on any atom is 0.239 e. The third-order valence-electron chi connectivity index (χ3n) is 3.60. The van der Waals surface area contributed by atoms with Gasteiger partial charge in [0, 0.05) is 13.7 Å². The minimum Gasteiger partial charge on any atom is -0.493 e. The summed E-state index contributed by atoms with van der Waals surface area (Å²) in [4.78, 5) is 25.7. The molecule has 2 amide bonds. The molecule has 0 bridgehead atoms. The van der Waals surface area contributed by atoms with Gasteiger partial charge in [-0.25, -0.2) is 0 Å². The molecule has 1 N–H and O–H groups in total.